The highest BCUT2D eigenvalue weighted by atomic mass is 35.5. The quantitative estimate of drug-likeness (QED) is 0.930. The van der Waals surface area contributed by atoms with Crippen molar-refractivity contribution >= 4 is 22.9 Å². The van der Waals surface area contributed by atoms with Gasteiger partial charge in [-0.25, -0.2) is 4.98 Å². The second-order valence-corrected chi connectivity index (χ2v) is 5.15. The molecule has 0 saturated carbocycles. The molecule has 3 nitrogen and oxygen atoms in total. The second kappa shape index (κ2) is 5.04. The van der Waals surface area contributed by atoms with Gasteiger partial charge in [0.1, 0.15) is 5.75 Å². The fourth-order valence-electron chi connectivity index (χ4n) is 1.63. The van der Waals surface area contributed by atoms with E-state index < -0.39 is 0 Å². The van der Waals surface area contributed by atoms with Crippen molar-refractivity contribution in [3.05, 3.63) is 44.9 Å². The summed E-state index contributed by atoms with van der Waals surface area (Å²) in [5, 5.41) is 3.60. The van der Waals surface area contributed by atoms with E-state index in [1.165, 1.54) is 0 Å². The van der Waals surface area contributed by atoms with E-state index in [9.17, 15) is 0 Å². The maximum Gasteiger partial charge on any atom is 0.124 e. The number of nitrogens with two attached hydrogens (primary N) is 1. The zero-order valence-corrected chi connectivity index (χ0v) is 11.2. The third-order valence-corrected chi connectivity index (χ3v) is 3.51. The Balaban J connectivity index is 2.42. The highest BCUT2D eigenvalue weighted by Crippen LogP contribution is 2.31. The number of aromatic nitrogens is 1. The lowest BCUT2D eigenvalue weighted by Gasteiger charge is -2.14. The molecule has 2 rings (SSSR count). The van der Waals surface area contributed by atoms with Crippen molar-refractivity contribution in [1.82, 2.24) is 4.98 Å². The molecule has 1 unspecified atom stereocenters. The van der Waals surface area contributed by atoms with Crippen LogP contribution in [-0.4, -0.2) is 12.1 Å². The molecule has 0 aliphatic rings. The van der Waals surface area contributed by atoms with Crippen LogP contribution in [-0.2, 0) is 0 Å². The Morgan fingerprint density at radius 2 is 2.24 bits per heavy atom. The zero-order valence-electron chi connectivity index (χ0n) is 9.61. The Bertz CT molecular complexity index is 527. The van der Waals surface area contributed by atoms with Gasteiger partial charge in [0.15, 0.2) is 0 Å². The molecule has 0 spiro atoms. The van der Waals surface area contributed by atoms with E-state index in [4.69, 9.17) is 22.1 Å². The van der Waals surface area contributed by atoms with E-state index in [1.807, 2.05) is 24.4 Å². The van der Waals surface area contributed by atoms with Crippen LogP contribution in [0.1, 0.15) is 22.3 Å². The zero-order chi connectivity index (χ0) is 12.4. The Labute approximate surface area is 109 Å². The average Bonchev–Trinajstić information content (AvgIpc) is 2.75. The molecule has 1 aromatic carbocycles. The minimum Gasteiger partial charge on any atom is -0.496 e. The summed E-state index contributed by atoms with van der Waals surface area (Å²) < 4.78 is 5.29. The number of hydrogen-bond acceptors (Lipinski definition) is 4. The van der Waals surface area contributed by atoms with Gasteiger partial charge in [-0.05, 0) is 25.1 Å². The summed E-state index contributed by atoms with van der Waals surface area (Å²) in [7, 11) is 1.62. The molecule has 5 heteroatoms. The lowest BCUT2D eigenvalue weighted by Crippen LogP contribution is -2.13. The van der Waals surface area contributed by atoms with Crippen molar-refractivity contribution < 1.29 is 4.74 Å². The molecular formula is C12H13ClN2OS. The first kappa shape index (κ1) is 12.4. The normalized spacial score (nSPS) is 12.5. The van der Waals surface area contributed by atoms with Gasteiger partial charge in [0.2, 0.25) is 0 Å². The van der Waals surface area contributed by atoms with Gasteiger partial charge in [-0.15, -0.1) is 11.3 Å². The van der Waals surface area contributed by atoms with Gasteiger partial charge in [-0.2, -0.15) is 0 Å². The van der Waals surface area contributed by atoms with Gasteiger partial charge in [-0.3, -0.25) is 0 Å². The smallest absolute Gasteiger partial charge is 0.124 e. The Kier molecular flexibility index (Phi) is 3.66. The van der Waals surface area contributed by atoms with Crippen molar-refractivity contribution in [1.29, 1.82) is 0 Å². The summed E-state index contributed by atoms with van der Waals surface area (Å²) in [6.45, 7) is 1.95. The van der Waals surface area contributed by atoms with Crippen LogP contribution in [0.25, 0.3) is 0 Å². The Morgan fingerprint density at radius 3 is 2.82 bits per heavy atom. The topological polar surface area (TPSA) is 48.1 Å². The third kappa shape index (κ3) is 2.60. The van der Waals surface area contributed by atoms with Crippen molar-refractivity contribution in [2.24, 2.45) is 5.73 Å². The number of methoxy groups -OCH3 is 1. The summed E-state index contributed by atoms with van der Waals surface area (Å²) in [5.41, 5.74) is 7.87. The van der Waals surface area contributed by atoms with E-state index in [2.05, 4.69) is 4.98 Å². The SMILES string of the molecule is COc1ccc(Cl)cc1C(N)c1csc(C)n1. The van der Waals surface area contributed by atoms with Crippen molar-refractivity contribution in [2.75, 3.05) is 7.11 Å². The molecule has 1 aromatic heterocycles. The van der Waals surface area contributed by atoms with Gasteiger partial charge >= 0.3 is 0 Å². The number of rotatable bonds is 3. The van der Waals surface area contributed by atoms with Crippen molar-refractivity contribution in [3.63, 3.8) is 0 Å². The van der Waals surface area contributed by atoms with Crippen LogP contribution in [0.4, 0.5) is 0 Å². The van der Waals surface area contributed by atoms with Crippen LogP contribution in [0.3, 0.4) is 0 Å². The molecular weight excluding hydrogens is 256 g/mol. The molecule has 2 N–H and O–H groups in total. The van der Waals surface area contributed by atoms with Gasteiger partial charge in [0.05, 0.1) is 23.9 Å². The standard InChI is InChI=1S/C12H13ClN2OS/c1-7-15-10(6-17-7)12(14)9-5-8(13)3-4-11(9)16-2/h3-6,12H,14H2,1-2H3. The van der Waals surface area contributed by atoms with Crippen molar-refractivity contribution in [3.8, 4) is 5.75 Å². The molecule has 1 heterocycles. The van der Waals surface area contributed by atoms with Crippen LogP contribution in [0.5, 0.6) is 5.75 Å². The van der Waals surface area contributed by atoms with Crippen LogP contribution in [0, 0.1) is 6.92 Å². The minimum atomic E-state index is -0.311. The number of nitrogens with zero attached hydrogens (tertiary/aromatic N) is 1. The molecule has 0 aliphatic heterocycles. The van der Waals surface area contributed by atoms with E-state index >= 15 is 0 Å². The minimum absolute atomic E-state index is 0.311. The summed E-state index contributed by atoms with van der Waals surface area (Å²) in [4.78, 5) is 4.39. The first-order valence-electron chi connectivity index (χ1n) is 5.13. The Morgan fingerprint density at radius 1 is 1.47 bits per heavy atom. The molecule has 90 valence electrons. The number of benzene rings is 1. The first-order valence-corrected chi connectivity index (χ1v) is 6.38. The first-order chi connectivity index (χ1) is 8.11. The predicted octanol–water partition coefficient (Wildman–Crippen LogP) is 3.16. The number of hydrogen-bond donors (Lipinski definition) is 1. The molecule has 0 amide bonds. The fraction of sp³-hybridized carbons (Fsp3) is 0.250. The van der Waals surface area contributed by atoms with Gasteiger partial charge in [-0.1, -0.05) is 11.6 Å². The number of ether oxygens (including phenoxy) is 1. The molecule has 0 radical (unpaired) electrons. The third-order valence-electron chi connectivity index (χ3n) is 2.48. The predicted molar refractivity (Wildman–Crippen MR) is 70.9 cm³/mol. The lowest BCUT2D eigenvalue weighted by molar-refractivity contribution is 0.407. The molecule has 2 aromatic rings. The van der Waals surface area contributed by atoms with Gasteiger partial charge < -0.3 is 10.5 Å². The largest absolute Gasteiger partial charge is 0.496 e. The van der Waals surface area contributed by atoms with Gasteiger partial charge in [0.25, 0.3) is 0 Å². The summed E-state index contributed by atoms with van der Waals surface area (Å²) in [6, 6.07) is 5.10. The maximum atomic E-state index is 6.18. The van der Waals surface area contributed by atoms with Crippen LogP contribution < -0.4 is 10.5 Å². The molecule has 1 atom stereocenters. The van der Waals surface area contributed by atoms with E-state index in [1.54, 1.807) is 24.5 Å². The van der Waals surface area contributed by atoms with Crippen LogP contribution in [0.2, 0.25) is 5.02 Å². The van der Waals surface area contributed by atoms with Gasteiger partial charge in [0, 0.05) is 16.0 Å². The molecule has 0 bridgehead atoms. The number of aryl methyl sites for hydroxylation is 1. The molecule has 0 saturated heterocycles. The summed E-state index contributed by atoms with van der Waals surface area (Å²) >= 11 is 7.56. The van der Waals surface area contributed by atoms with Crippen LogP contribution >= 0.6 is 22.9 Å². The van der Waals surface area contributed by atoms with E-state index in [-0.39, 0.29) is 6.04 Å². The molecule has 0 aliphatic carbocycles. The Hall–Kier alpha value is -1.10. The van der Waals surface area contributed by atoms with E-state index in [0.29, 0.717) is 5.02 Å². The molecule has 17 heavy (non-hydrogen) atoms. The number of halogens is 1. The number of thiazole rings is 1. The fourth-order valence-corrected chi connectivity index (χ4v) is 2.46. The summed E-state index contributed by atoms with van der Waals surface area (Å²) in [5.74, 6) is 0.729. The molecule has 0 fully saturated rings. The second-order valence-electron chi connectivity index (χ2n) is 3.66. The van der Waals surface area contributed by atoms with Crippen LogP contribution in [0.15, 0.2) is 23.6 Å². The highest BCUT2D eigenvalue weighted by molar-refractivity contribution is 7.09. The maximum absolute atomic E-state index is 6.18. The van der Waals surface area contributed by atoms with E-state index in [0.717, 1.165) is 22.0 Å². The average molecular weight is 269 g/mol. The highest BCUT2D eigenvalue weighted by Gasteiger charge is 2.16. The summed E-state index contributed by atoms with van der Waals surface area (Å²) in [6.07, 6.45) is 0. The lowest BCUT2D eigenvalue weighted by atomic mass is 10.0. The monoisotopic (exact) mass is 268 g/mol. The van der Waals surface area contributed by atoms with Crippen molar-refractivity contribution in [2.45, 2.75) is 13.0 Å².